The monoisotopic (exact) mass is 421 g/mol. The van der Waals surface area contributed by atoms with Crippen LogP contribution in [0.5, 0.6) is 11.8 Å². The van der Waals surface area contributed by atoms with Crippen LogP contribution in [0.25, 0.3) is 21.9 Å². The molecule has 1 spiro atoms. The zero-order valence-corrected chi connectivity index (χ0v) is 17.1. The smallest absolute Gasteiger partial charge is 0.326 e. The largest absolute Gasteiger partial charge is 0.423 e. The van der Waals surface area contributed by atoms with Crippen molar-refractivity contribution in [2.75, 3.05) is 30.4 Å². The third kappa shape index (κ3) is 2.60. The maximum atomic E-state index is 6.40. The van der Waals surface area contributed by atoms with Gasteiger partial charge in [0.15, 0.2) is 0 Å². The van der Waals surface area contributed by atoms with E-state index >= 15 is 0 Å². The summed E-state index contributed by atoms with van der Waals surface area (Å²) in [6, 6.07) is 8.03. The van der Waals surface area contributed by atoms with Crippen LogP contribution >= 0.6 is 11.6 Å². The molecule has 6 rings (SSSR count). The Morgan fingerprint density at radius 3 is 2.87 bits per heavy atom. The minimum atomic E-state index is 0.238. The first-order valence-electron chi connectivity index (χ1n) is 9.85. The average molecular weight is 422 g/mol. The van der Waals surface area contributed by atoms with Crippen LogP contribution in [0.2, 0.25) is 5.02 Å². The Hall–Kier alpha value is -3.10. The number of nitrogens with zero attached hydrogens (tertiary/aromatic N) is 4. The Balaban J connectivity index is 1.53. The summed E-state index contributed by atoms with van der Waals surface area (Å²) in [4.78, 5) is 19.2. The van der Waals surface area contributed by atoms with Crippen molar-refractivity contribution in [2.24, 2.45) is 11.1 Å². The second-order valence-corrected chi connectivity index (χ2v) is 8.56. The second-order valence-electron chi connectivity index (χ2n) is 8.12. The first-order valence-corrected chi connectivity index (χ1v) is 10.2. The second kappa shape index (κ2) is 6.20. The highest BCUT2D eigenvalue weighted by molar-refractivity contribution is 6.32. The molecular weight excluding hydrogens is 402 g/mol. The fourth-order valence-electron chi connectivity index (χ4n) is 4.42. The highest BCUT2D eigenvalue weighted by atomic mass is 35.5. The fraction of sp³-hybridized carbons (Fsp3) is 0.286. The van der Waals surface area contributed by atoms with Crippen LogP contribution in [0.1, 0.15) is 6.42 Å². The van der Waals surface area contributed by atoms with Gasteiger partial charge in [0.2, 0.25) is 0 Å². The van der Waals surface area contributed by atoms with Crippen molar-refractivity contribution < 1.29 is 4.74 Å². The maximum absolute atomic E-state index is 6.40. The van der Waals surface area contributed by atoms with Gasteiger partial charge >= 0.3 is 6.01 Å². The molecule has 152 valence electrons. The van der Waals surface area contributed by atoms with Crippen molar-refractivity contribution in [3.63, 3.8) is 0 Å². The zero-order valence-electron chi connectivity index (χ0n) is 16.3. The third-order valence-electron chi connectivity index (χ3n) is 6.16. The standard InChI is InChI=1S/C21H20ClN7O/c1-24-14-6-11(22)5-13-16-18(26-17(13)14)27-20(30-12-3-2-4-25-8-12)28-19(16)29-9-21(10-29)7-15(21)23/h2-6,8,15,24H,7,9-10,23H2,1H3,(H,26,27,28). The summed E-state index contributed by atoms with van der Waals surface area (Å²) in [6.45, 7) is 1.78. The number of halogens is 1. The SMILES string of the molecule is CNc1cc(Cl)cc2c1[nH]c1nc(Oc3cccnc3)nc(N3CC4(CC4N)C3)c12. The lowest BCUT2D eigenvalue weighted by Crippen LogP contribution is -2.51. The quantitative estimate of drug-likeness (QED) is 0.463. The predicted octanol–water partition coefficient (Wildman–Crippen LogP) is 3.53. The Morgan fingerprint density at radius 1 is 1.33 bits per heavy atom. The number of anilines is 2. The first-order chi connectivity index (χ1) is 14.6. The fourth-order valence-corrected chi connectivity index (χ4v) is 4.63. The molecule has 2 aliphatic rings. The normalized spacial score (nSPS) is 19.3. The van der Waals surface area contributed by atoms with E-state index in [2.05, 4.69) is 25.2 Å². The van der Waals surface area contributed by atoms with Gasteiger partial charge in [-0.2, -0.15) is 9.97 Å². The van der Waals surface area contributed by atoms with Gasteiger partial charge in [0, 0.05) is 48.2 Å². The van der Waals surface area contributed by atoms with Crippen molar-refractivity contribution in [2.45, 2.75) is 12.5 Å². The van der Waals surface area contributed by atoms with Crippen molar-refractivity contribution in [1.29, 1.82) is 0 Å². The number of fused-ring (bicyclic) bond motifs is 3. The molecule has 8 nitrogen and oxygen atoms in total. The van der Waals surface area contributed by atoms with Crippen molar-refractivity contribution in [1.82, 2.24) is 19.9 Å². The summed E-state index contributed by atoms with van der Waals surface area (Å²) in [6.07, 6.45) is 4.40. The molecule has 0 bridgehead atoms. The third-order valence-corrected chi connectivity index (χ3v) is 6.38. The average Bonchev–Trinajstić information content (AvgIpc) is 3.26. The molecule has 1 saturated heterocycles. The first kappa shape index (κ1) is 17.7. The number of benzene rings is 1. The minimum Gasteiger partial charge on any atom is -0.423 e. The van der Waals surface area contributed by atoms with Gasteiger partial charge in [-0.3, -0.25) is 4.98 Å². The molecule has 1 aromatic carbocycles. The van der Waals surface area contributed by atoms with Crippen molar-refractivity contribution in [3.8, 4) is 11.8 Å². The summed E-state index contributed by atoms with van der Waals surface area (Å²) in [5.74, 6) is 1.42. The van der Waals surface area contributed by atoms with Crippen LogP contribution in [-0.4, -0.2) is 46.1 Å². The van der Waals surface area contributed by atoms with Crippen LogP contribution < -0.4 is 20.7 Å². The summed E-state index contributed by atoms with van der Waals surface area (Å²) >= 11 is 6.40. The molecule has 1 aliphatic heterocycles. The van der Waals surface area contributed by atoms with Gasteiger partial charge in [-0.15, -0.1) is 0 Å². The van der Waals surface area contributed by atoms with Crippen LogP contribution in [-0.2, 0) is 0 Å². The number of ether oxygens (including phenoxy) is 1. The van der Waals surface area contributed by atoms with Crippen LogP contribution in [0, 0.1) is 5.41 Å². The van der Waals surface area contributed by atoms with Gasteiger partial charge in [-0.1, -0.05) is 11.6 Å². The molecule has 0 amide bonds. The maximum Gasteiger partial charge on any atom is 0.326 e. The highest BCUT2D eigenvalue weighted by Gasteiger charge is 2.60. The summed E-state index contributed by atoms with van der Waals surface area (Å²) in [5.41, 5.74) is 8.93. The van der Waals surface area contributed by atoms with Crippen LogP contribution in [0.15, 0.2) is 36.7 Å². The lowest BCUT2D eigenvalue weighted by Gasteiger charge is -2.41. The van der Waals surface area contributed by atoms with Crippen LogP contribution in [0.4, 0.5) is 11.5 Å². The molecule has 3 aromatic heterocycles. The van der Waals surface area contributed by atoms with Crippen molar-refractivity contribution in [3.05, 3.63) is 41.7 Å². The summed E-state index contributed by atoms with van der Waals surface area (Å²) < 4.78 is 5.91. The Morgan fingerprint density at radius 2 is 2.17 bits per heavy atom. The minimum absolute atomic E-state index is 0.238. The molecule has 1 saturated carbocycles. The van der Waals surface area contributed by atoms with E-state index in [0.29, 0.717) is 16.4 Å². The molecule has 4 heterocycles. The molecule has 4 N–H and O–H groups in total. The number of hydrogen-bond donors (Lipinski definition) is 3. The highest BCUT2D eigenvalue weighted by Crippen LogP contribution is 2.54. The van der Waals surface area contributed by atoms with Gasteiger partial charge in [-0.05, 0) is 30.7 Å². The van der Waals surface area contributed by atoms with E-state index in [9.17, 15) is 0 Å². The molecule has 4 aromatic rings. The van der Waals surface area contributed by atoms with Gasteiger partial charge in [0.25, 0.3) is 0 Å². The number of aromatic amines is 1. The Bertz CT molecular complexity index is 1280. The van der Waals surface area contributed by atoms with E-state index in [1.807, 2.05) is 31.3 Å². The Labute approximate surface area is 177 Å². The summed E-state index contributed by atoms with van der Waals surface area (Å²) in [7, 11) is 1.87. The lowest BCUT2D eigenvalue weighted by atomic mass is 9.95. The molecule has 2 fully saturated rings. The molecule has 1 unspecified atom stereocenters. The van der Waals surface area contributed by atoms with Gasteiger partial charge < -0.3 is 25.7 Å². The van der Waals surface area contributed by atoms with Gasteiger partial charge in [0.05, 0.1) is 22.8 Å². The molecular formula is C21H20ClN7O. The molecule has 30 heavy (non-hydrogen) atoms. The molecule has 1 atom stereocenters. The molecule has 9 heteroatoms. The topological polar surface area (TPSA) is 105 Å². The van der Waals surface area contributed by atoms with Gasteiger partial charge in [-0.25, -0.2) is 0 Å². The number of nitrogens with two attached hydrogens (primary N) is 1. The van der Waals surface area contributed by atoms with E-state index in [0.717, 1.165) is 47.3 Å². The summed E-state index contributed by atoms with van der Waals surface area (Å²) in [5, 5.41) is 5.76. The van der Waals surface area contributed by atoms with E-state index in [1.54, 1.807) is 12.4 Å². The number of H-pyrrole nitrogens is 1. The van der Waals surface area contributed by atoms with Crippen molar-refractivity contribution >= 4 is 45.0 Å². The van der Waals surface area contributed by atoms with E-state index < -0.39 is 0 Å². The lowest BCUT2D eigenvalue weighted by molar-refractivity contribution is 0.368. The number of pyridine rings is 1. The van der Waals surface area contributed by atoms with E-state index in [1.165, 1.54) is 0 Å². The number of rotatable bonds is 4. The van der Waals surface area contributed by atoms with E-state index in [-0.39, 0.29) is 17.5 Å². The number of hydrogen-bond acceptors (Lipinski definition) is 7. The van der Waals surface area contributed by atoms with Crippen LogP contribution in [0.3, 0.4) is 0 Å². The number of aromatic nitrogens is 4. The number of nitrogens with one attached hydrogen (secondary N) is 2. The Kier molecular flexibility index (Phi) is 3.66. The zero-order chi connectivity index (χ0) is 20.5. The molecule has 1 aliphatic carbocycles. The predicted molar refractivity (Wildman–Crippen MR) is 118 cm³/mol. The van der Waals surface area contributed by atoms with E-state index in [4.69, 9.17) is 27.1 Å². The van der Waals surface area contributed by atoms with Gasteiger partial charge in [0.1, 0.15) is 17.2 Å². The molecule has 0 radical (unpaired) electrons.